The highest BCUT2D eigenvalue weighted by atomic mass is 79.9. The first-order valence-electron chi connectivity index (χ1n) is 6.15. The van der Waals surface area contributed by atoms with Crippen molar-refractivity contribution in [2.45, 2.75) is 0 Å². The zero-order valence-corrected chi connectivity index (χ0v) is 14.2. The van der Waals surface area contributed by atoms with Crippen molar-refractivity contribution in [3.8, 4) is 11.5 Å². The first-order valence-corrected chi connectivity index (χ1v) is 7.73. The highest BCUT2D eigenvalue weighted by Crippen LogP contribution is 2.27. The van der Waals surface area contributed by atoms with Gasteiger partial charge < -0.3 is 14.8 Å². The van der Waals surface area contributed by atoms with Gasteiger partial charge in [0.1, 0.15) is 18.1 Å². The zero-order valence-electron chi connectivity index (χ0n) is 11.0. The van der Waals surface area contributed by atoms with Gasteiger partial charge in [-0.25, -0.2) is 0 Å². The lowest BCUT2D eigenvalue weighted by Crippen LogP contribution is -2.11. The van der Waals surface area contributed by atoms with Crippen LogP contribution in [0.4, 0.5) is 5.69 Å². The van der Waals surface area contributed by atoms with Crippen LogP contribution < -0.4 is 14.8 Å². The maximum absolute atomic E-state index is 5.65. The normalized spacial score (nSPS) is 10.2. The van der Waals surface area contributed by atoms with E-state index in [-0.39, 0.29) is 0 Å². The predicted octanol–water partition coefficient (Wildman–Crippen LogP) is 4.71. The molecule has 106 valence electrons. The van der Waals surface area contributed by atoms with E-state index in [0.717, 1.165) is 32.7 Å². The van der Waals surface area contributed by atoms with Crippen LogP contribution in [-0.2, 0) is 0 Å². The molecule has 0 aliphatic carbocycles. The maximum Gasteiger partial charge on any atom is 0.133 e. The van der Waals surface area contributed by atoms with E-state index >= 15 is 0 Å². The molecular weight excluding hydrogens is 386 g/mol. The molecule has 0 saturated carbocycles. The van der Waals surface area contributed by atoms with E-state index in [4.69, 9.17) is 9.47 Å². The average Bonchev–Trinajstić information content (AvgIpc) is 2.44. The quantitative estimate of drug-likeness (QED) is 0.712. The summed E-state index contributed by atoms with van der Waals surface area (Å²) in [5.41, 5.74) is 1.02. The highest BCUT2D eigenvalue weighted by Gasteiger charge is 2.01. The summed E-state index contributed by atoms with van der Waals surface area (Å²) in [4.78, 5) is 0. The molecule has 0 bridgehead atoms. The highest BCUT2D eigenvalue weighted by molar-refractivity contribution is 9.10. The second kappa shape index (κ2) is 7.55. The zero-order chi connectivity index (χ0) is 14.4. The van der Waals surface area contributed by atoms with Crippen molar-refractivity contribution in [3.05, 3.63) is 51.4 Å². The molecular formula is C15H15Br2NO2. The van der Waals surface area contributed by atoms with Crippen LogP contribution in [0.1, 0.15) is 0 Å². The van der Waals surface area contributed by atoms with Crippen molar-refractivity contribution < 1.29 is 9.47 Å². The van der Waals surface area contributed by atoms with Gasteiger partial charge in [0.25, 0.3) is 0 Å². The third-order valence-corrected chi connectivity index (χ3v) is 3.76. The summed E-state index contributed by atoms with van der Waals surface area (Å²) < 4.78 is 12.8. The number of methoxy groups -OCH3 is 1. The molecule has 0 fully saturated rings. The number of rotatable bonds is 6. The van der Waals surface area contributed by atoms with E-state index in [1.807, 2.05) is 42.5 Å². The molecule has 0 amide bonds. The van der Waals surface area contributed by atoms with E-state index in [1.54, 1.807) is 7.11 Å². The Morgan fingerprint density at radius 1 is 1.10 bits per heavy atom. The largest absolute Gasteiger partial charge is 0.496 e. The third-order valence-electron chi connectivity index (χ3n) is 2.65. The predicted molar refractivity (Wildman–Crippen MR) is 88.8 cm³/mol. The van der Waals surface area contributed by atoms with Crippen molar-refractivity contribution in [3.63, 3.8) is 0 Å². The lowest BCUT2D eigenvalue weighted by atomic mass is 10.3. The minimum Gasteiger partial charge on any atom is -0.496 e. The minimum atomic E-state index is 0.597. The molecule has 20 heavy (non-hydrogen) atoms. The van der Waals surface area contributed by atoms with Gasteiger partial charge in [-0.2, -0.15) is 0 Å². The number of halogens is 2. The van der Waals surface area contributed by atoms with Gasteiger partial charge in [0, 0.05) is 16.7 Å². The van der Waals surface area contributed by atoms with Crippen LogP contribution in [0, 0.1) is 0 Å². The lowest BCUT2D eigenvalue weighted by molar-refractivity contribution is 0.332. The smallest absolute Gasteiger partial charge is 0.133 e. The lowest BCUT2D eigenvalue weighted by Gasteiger charge is -2.10. The van der Waals surface area contributed by atoms with Gasteiger partial charge in [-0.15, -0.1) is 0 Å². The van der Waals surface area contributed by atoms with Gasteiger partial charge in [0.2, 0.25) is 0 Å². The first kappa shape index (κ1) is 15.2. The summed E-state index contributed by atoms with van der Waals surface area (Å²) in [6.45, 7) is 1.32. The van der Waals surface area contributed by atoms with E-state index in [2.05, 4.69) is 37.2 Å². The van der Waals surface area contributed by atoms with Gasteiger partial charge in [0.05, 0.1) is 11.6 Å². The molecule has 0 aliphatic heterocycles. The van der Waals surface area contributed by atoms with E-state index < -0.39 is 0 Å². The fraction of sp³-hybridized carbons (Fsp3) is 0.200. The van der Waals surface area contributed by atoms with Crippen LogP contribution in [0.15, 0.2) is 51.4 Å². The second-order valence-electron chi connectivity index (χ2n) is 4.08. The van der Waals surface area contributed by atoms with Crippen LogP contribution >= 0.6 is 31.9 Å². The molecule has 2 aromatic rings. The Morgan fingerprint density at radius 2 is 1.95 bits per heavy atom. The summed E-state index contributed by atoms with van der Waals surface area (Å²) in [6.07, 6.45) is 0. The Kier molecular flexibility index (Phi) is 5.73. The van der Waals surface area contributed by atoms with E-state index in [1.165, 1.54) is 0 Å². The number of hydrogen-bond donors (Lipinski definition) is 1. The van der Waals surface area contributed by atoms with Gasteiger partial charge >= 0.3 is 0 Å². The van der Waals surface area contributed by atoms with Crippen molar-refractivity contribution in [1.29, 1.82) is 0 Å². The molecule has 5 heteroatoms. The molecule has 0 heterocycles. The van der Waals surface area contributed by atoms with Crippen molar-refractivity contribution in [2.24, 2.45) is 0 Å². The summed E-state index contributed by atoms with van der Waals surface area (Å²) in [6, 6.07) is 13.7. The topological polar surface area (TPSA) is 30.5 Å². The van der Waals surface area contributed by atoms with Crippen LogP contribution in [0.2, 0.25) is 0 Å². The summed E-state index contributed by atoms with van der Waals surface area (Å²) >= 11 is 6.88. The van der Waals surface area contributed by atoms with Crippen molar-refractivity contribution in [1.82, 2.24) is 0 Å². The molecule has 0 radical (unpaired) electrons. The number of nitrogens with one attached hydrogen (secondary N) is 1. The number of benzene rings is 2. The van der Waals surface area contributed by atoms with Gasteiger partial charge in [-0.1, -0.05) is 22.0 Å². The molecule has 2 aromatic carbocycles. The SMILES string of the molecule is COc1ccc(NCCOc2cccc(Br)c2)cc1Br. The Bertz CT molecular complexity index is 576. The number of ether oxygens (including phenoxy) is 2. The molecule has 1 N–H and O–H groups in total. The van der Waals surface area contributed by atoms with E-state index in [9.17, 15) is 0 Å². The van der Waals surface area contributed by atoms with E-state index in [0.29, 0.717) is 6.61 Å². The average molecular weight is 401 g/mol. The van der Waals surface area contributed by atoms with Crippen molar-refractivity contribution >= 4 is 37.5 Å². The van der Waals surface area contributed by atoms with Crippen LogP contribution in [-0.4, -0.2) is 20.3 Å². The van der Waals surface area contributed by atoms with Crippen LogP contribution in [0.25, 0.3) is 0 Å². The molecule has 3 nitrogen and oxygen atoms in total. The summed E-state index contributed by atoms with van der Waals surface area (Å²) in [5.74, 6) is 1.68. The molecule has 2 rings (SSSR count). The van der Waals surface area contributed by atoms with Gasteiger partial charge in [0.15, 0.2) is 0 Å². The summed E-state index contributed by atoms with van der Waals surface area (Å²) in [7, 11) is 1.65. The fourth-order valence-electron chi connectivity index (χ4n) is 1.70. The standard InChI is InChI=1S/C15H15Br2NO2/c1-19-15-6-5-12(10-14(15)17)18-7-8-20-13-4-2-3-11(16)9-13/h2-6,9-10,18H,7-8H2,1H3. The third kappa shape index (κ3) is 4.42. The van der Waals surface area contributed by atoms with Gasteiger partial charge in [-0.05, 0) is 52.3 Å². The minimum absolute atomic E-state index is 0.597. The molecule has 0 aliphatic rings. The first-order chi connectivity index (χ1) is 9.69. The number of hydrogen-bond acceptors (Lipinski definition) is 3. The molecule has 0 unspecified atom stereocenters. The molecule has 0 atom stereocenters. The molecule has 0 spiro atoms. The van der Waals surface area contributed by atoms with Crippen LogP contribution in [0.5, 0.6) is 11.5 Å². The van der Waals surface area contributed by atoms with Gasteiger partial charge in [-0.3, -0.25) is 0 Å². The Balaban J connectivity index is 1.80. The Labute approximate surface area is 135 Å². The molecule has 0 saturated heterocycles. The van der Waals surface area contributed by atoms with Crippen molar-refractivity contribution in [2.75, 3.05) is 25.6 Å². The Hall–Kier alpha value is -1.20. The summed E-state index contributed by atoms with van der Waals surface area (Å²) in [5, 5.41) is 3.30. The Morgan fingerprint density at radius 3 is 2.65 bits per heavy atom. The maximum atomic E-state index is 5.65. The molecule has 0 aromatic heterocycles. The second-order valence-corrected chi connectivity index (χ2v) is 5.85. The number of anilines is 1. The fourth-order valence-corrected chi connectivity index (χ4v) is 2.62. The monoisotopic (exact) mass is 399 g/mol. The van der Waals surface area contributed by atoms with Crippen LogP contribution in [0.3, 0.4) is 0 Å².